The number of ether oxygens (including phenoxy) is 1. The van der Waals surface area contributed by atoms with Crippen molar-refractivity contribution in [1.29, 1.82) is 0 Å². The van der Waals surface area contributed by atoms with E-state index in [1.807, 2.05) is 0 Å². The molecule has 1 heterocycles. The molecule has 0 saturated carbocycles. The summed E-state index contributed by atoms with van der Waals surface area (Å²) in [6.07, 6.45) is 0.429. The summed E-state index contributed by atoms with van der Waals surface area (Å²) in [7, 11) is 0. The highest BCUT2D eigenvalue weighted by Crippen LogP contribution is 2.24. The summed E-state index contributed by atoms with van der Waals surface area (Å²) >= 11 is 12.0. The number of nitrogens with zero attached hydrogens (tertiary/aromatic N) is 1. The first-order valence-electron chi connectivity index (χ1n) is 6.95. The SMILES string of the molecule is CC(Cc1ccc(Cl)cc1Cl)C(=O)N1CCOCC1C(=O)O. The average molecular weight is 346 g/mol. The lowest BCUT2D eigenvalue weighted by Gasteiger charge is -2.34. The molecule has 2 unspecified atom stereocenters. The van der Waals surface area contributed by atoms with Gasteiger partial charge < -0.3 is 14.7 Å². The summed E-state index contributed by atoms with van der Waals surface area (Å²) in [5.74, 6) is -1.63. The van der Waals surface area contributed by atoms with Crippen LogP contribution in [0.1, 0.15) is 12.5 Å². The highest BCUT2D eigenvalue weighted by atomic mass is 35.5. The van der Waals surface area contributed by atoms with Gasteiger partial charge in [0.15, 0.2) is 6.04 Å². The fourth-order valence-electron chi connectivity index (χ4n) is 2.46. The summed E-state index contributed by atoms with van der Waals surface area (Å²) in [6.45, 7) is 2.43. The predicted molar refractivity (Wildman–Crippen MR) is 83.3 cm³/mol. The van der Waals surface area contributed by atoms with Gasteiger partial charge in [-0.2, -0.15) is 0 Å². The minimum absolute atomic E-state index is 0.0233. The second kappa shape index (κ2) is 7.31. The standard InChI is InChI=1S/C15H17Cl2NO4/c1-9(6-10-2-3-11(16)7-12(10)17)14(19)18-4-5-22-8-13(18)15(20)21/h2-3,7,9,13H,4-6,8H2,1H3,(H,20,21). The second-order valence-electron chi connectivity index (χ2n) is 5.30. The Kier molecular flexibility index (Phi) is 5.67. The quantitative estimate of drug-likeness (QED) is 0.910. The normalized spacial score (nSPS) is 19.8. The summed E-state index contributed by atoms with van der Waals surface area (Å²) < 4.78 is 5.14. The molecule has 1 amide bonds. The maximum atomic E-state index is 12.5. The van der Waals surface area contributed by atoms with Crippen LogP contribution in [0.15, 0.2) is 18.2 Å². The van der Waals surface area contributed by atoms with Gasteiger partial charge >= 0.3 is 5.97 Å². The van der Waals surface area contributed by atoms with E-state index in [1.165, 1.54) is 4.90 Å². The van der Waals surface area contributed by atoms with Gasteiger partial charge in [0.1, 0.15) is 0 Å². The molecule has 0 bridgehead atoms. The highest BCUT2D eigenvalue weighted by Gasteiger charge is 2.34. The first kappa shape index (κ1) is 17.1. The monoisotopic (exact) mass is 345 g/mol. The predicted octanol–water partition coefficient (Wildman–Crippen LogP) is 2.48. The minimum atomic E-state index is -1.05. The van der Waals surface area contributed by atoms with E-state index >= 15 is 0 Å². The van der Waals surface area contributed by atoms with Crippen molar-refractivity contribution in [2.75, 3.05) is 19.8 Å². The van der Waals surface area contributed by atoms with Crippen LogP contribution in [0.4, 0.5) is 0 Å². The average Bonchev–Trinajstić information content (AvgIpc) is 2.49. The zero-order chi connectivity index (χ0) is 16.3. The molecule has 1 saturated heterocycles. The highest BCUT2D eigenvalue weighted by molar-refractivity contribution is 6.35. The number of carboxylic acid groups (broad SMARTS) is 1. The molecule has 1 aromatic rings. The van der Waals surface area contributed by atoms with E-state index in [1.54, 1.807) is 25.1 Å². The molecule has 1 aliphatic rings. The molecule has 1 aliphatic heterocycles. The summed E-state index contributed by atoms with van der Waals surface area (Å²) in [5, 5.41) is 10.2. The fraction of sp³-hybridized carbons (Fsp3) is 0.467. The Bertz CT molecular complexity index is 579. The number of hydrogen-bond donors (Lipinski definition) is 1. The number of halogens is 2. The van der Waals surface area contributed by atoms with Crippen LogP contribution in [0, 0.1) is 5.92 Å². The molecular weight excluding hydrogens is 329 g/mol. The molecule has 7 heteroatoms. The number of carbonyl (C=O) groups is 2. The molecule has 1 N–H and O–H groups in total. The van der Waals surface area contributed by atoms with E-state index in [-0.39, 0.29) is 25.0 Å². The molecule has 1 fully saturated rings. The molecule has 0 spiro atoms. The number of carbonyl (C=O) groups excluding carboxylic acids is 1. The summed E-state index contributed by atoms with van der Waals surface area (Å²) in [4.78, 5) is 25.1. The lowest BCUT2D eigenvalue weighted by molar-refractivity contribution is -0.160. The van der Waals surface area contributed by atoms with E-state index in [9.17, 15) is 14.7 Å². The Morgan fingerprint density at radius 2 is 2.18 bits per heavy atom. The van der Waals surface area contributed by atoms with Gasteiger partial charge in [-0.05, 0) is 24.1 Å². The van der Waals surface area contributed by atoms with Gasteiger partial charge in [0.2, 0.25) is 5.91 Å². The maximum Gasteiger partial charge on any atom is 0.328 e. The fourth-order valence-corrected chi connectivity index (χ4v) is 2.95. The lowest BCUT2D eigenvalue weighted by atomic mass is 9.98. The van der Waals surface area contributed by atoms with Gasteiger partial charge in [0.05, 0.1) is 13.2 Å². The van der Waals surface area contributed by atoms with Crippen molar-refractivity contribution >= 4 is 35.1 Å². The van der Waals surface area contributed by atoms with Crippen molar-refractivity contribution in [2.45, 2.75) is 19.4 Å². The molecule has 120 valence electrons. The van der Waals surface area contributed by atoms with Crippen LogP contribution < -0.4 is 0 Å². The molecule has 22 heavy (non-hydrogen) atoms. The Hall–Kier alpha value is -1.30. The third-order valence-electron chi connectivity index (χ3n) is 3.66. The molecule has 0 aromatic heterocycles. The zero-order valence-corrected chi connectivity index (χ0v) is 13.6. The van der Waals surface area contributed by atoms with E-state index in [0.29, 0.717) is 23.1 Å². The van der Waals surface area contributed by atoms with Crippen LogP contribution in [-0.4, -0.2) is 47.7 Å². The smallest absolute Gasteiger partial charge is 0.328 e. The molecule has 2 rings (SSSR count). The summed E-state index contributed by atoms with van der Waals surface area (Å²) in [6, 6.07) is 4.20. The largest absolute Gasteiger partial charge is 0.480 e. The van der Waals surface area contributed by atoms with Gasteiger partial charge in [-0.1, -0.05) is 36.2 Å². The van der Waals surface area contributed by atoms with E-state index in [2.05, 4.69) is 0 Å². The van der Waals surface area contributed by atoms with Crippen molar-refractivity contribution in [1.82, 2.24) is 4.90 Å². The Morgan fingerprint density at radius 1 is 1.45 bits per heavy atom. The topological polar surface area (TPSA) is 66.8 Å². The third kappa shape index (κ3) is 3.91. The molecule has 5 nitrogen and oxygen atoms in total. The lowest BCUT2D eigenvalue weighted by Crippen LogP contribution is -2.54. The van der Waals surface area contributed by atoms with Crippen molar-refractivity contribution in [3.05, 3.63) is 33.8 Å². The molecule has 2 atom stereocenters. The van der Waals surface area contributed by atoms with Crippen LogP contribution in [0.5, 0.6) is 0 Å². The number of benzene rings is 1. The van der Waals surface area contributed by atoms with E-state index < -0.39 is 12.0 Å². The Labute approximate surface area is 138 Å². The van der Waals surface area contributed by atoms with Gasteiger partial charge in [-0.25, -0.2) is 4.79 Å². The number of hydrogen-bond acceptors (Lipinski definition) is 3. The Balaban J connectivity index is 2.09. The zero-order valence-electron chi connectivity index (χ0n) is 12.1. The van der Waals surface area contributed by atoms with Gasteiger partial charge in [0, 0.05) is 22.5 Å². The van der Waals surface area contributed by atoms with E-state index in [0.717, 1.165) is 5.56 Å². The van der Waals surface area contributed by atoms with Gasteiger partial charge in [-0.3, -0.25) is 4.79 Å². The first-order valence-corrected chi connectivity index (χ1v) is 7.70. The van der Waals surface area contributed by atoms with Crippen molar-refractivity contribution in [3.63, 3.8) is 0 Å². The molecule has 0 aliphatic carbocycles. The second-order valence-corrected chi connectivity index (χ2v) is 6.15. The van der Waals surface area contributed by atoms with Crippen LogP contribution in [0.2, 0.25) is 10.0 Å². The molecule has 1 aromatic carbocycles. The molecular formula is C15H17Cl2NO4. The Morgan fingerprint density at radius 3 is 2.82 bits per heavy atom. The van der Waals surface area contributed by atoms with E-state index in [4.69, 9.17) is 27.9 Å². The van der Waals surface area contributed by atoms with Crippen LogP contribution in [0.25, 0.3) is 0 Å². The van der Waals surface area contributed by atoms with Crippen LogP contribution in [-0.2, 0) is 20.7 Å². The number of aliphatic carboxylic acids is 1. The van der Waals surface area contributed by atoms with Gasteiger partial charge in [0.25, 0.3) is 0 Å². The number of morpholine rings is 1. The third-order valence-corrected chi connectivity index (χ3v) is 4.25. The number of carboxylic acids is 1. The van der Waals surface area contributed by atoms with Crippen LogP contribution >= 0.6 is 23.2 Å². The van der Waals surface area contributed by atoms with Crippen molar-refractivity contribution in [3.8, 4) is 0 Å². The van der Waals surface area contributed by atoms with Crippen molar-refractivity contribution in [2.24, 2.45) is 5.92 Å². The number of rotatable bonds is 4. The van der Waals surface area contributed by atoms with Gasteiger partial charge in [-0.15, -0.1) is 0 Å². The van der Waals surface area contributed by atoms with Crippen molar-refractivity contribution < 1.29 is 19.4 Å². The number of amides is 1. The first-order chi connectivity index (χ1) is 10.4. The minimum Gasteiger partial charge on any atom is -0.480 e. The van der Waals surface area contributed by atoms with Crippen LogP contribution in [0.3, 0.4) is 0 Å². The molecule has 0 radical (unpaired) electrons. The maximum absolute atomic E-state index is 12.5. The summed E-state index contributed by atoms with van der Waals surface area (Å²) in [5.41, 5.74) is 0.812.